The molecule has 8 heavy (non-hydrogen) atoms. The van der Waals surface area contributed by atoms with Gasteiger partial charge in [-0.1, -0.05) is 0 Å². The van der Waals surface area contributed by atoms with Gasteiger partial charge in [-0.2, -0.15) is 0 Å². The van der Waals surface area contributed by atoms with Crippen molar-refractivity contribution in [3.63, 3.8) is 0 Å². The molecule has 0 heterocycles. The number of hydrogen-bond donors (Lipinski definition) is 0. The van der Waals surface area contributed by atoms with Gasteiger partial charge in [0.2, 0.25) is 0 Å². The van der Waals surface area contributed by atoms with Gasteiger partial charge in [0.05, 0.1) is 0 Å². The summed E-state index contributed by atoms with van der Waals surface area (Å²) in [5.41, 5.74) is 2.72. The Kier molecular flexibility index (Phi) is 0.853. The Bertz CT molecular complexity index is 253. The largest absolute Gasteiger partial charge is 0.0496 e. The van der Waals surface area contributed by atoms with E-state index < -0.39 is 0 Å². The lowest BCUT2D eigenvalue weighted by Crippen LogP contribution is -1.49. The third-order valence-electron chi connectivity index (χ3n) is 1.26. The second-order valence-electron chi connectivity index (χ2n) is 1.82. The van der Waals surface area contributed by atoms with E-state index in [-0.39, 0.29) is 0 Å². The lowest BCUT2D eigenvalue weighted by molar-refractivity contribution is 1.80. The van der Waals surface area contributed by atoms with Crippen molar-refractivity contribution < 1.29 is 0 Å². The van der Waals surface area contributed by atoms with E-state index in [1.165, 1.54) is 20.1 Å². The van der Waals surface area contributed by atoms with Gasteiger partial charge in [-0.25, -0.2) is 0 Å². The number of fused-ring (bicyclic) bond motifs is 1. The van der Waals surface area contributed by atoms with Gasteiger partial charge in [-0.3, -0.25) is 0 Å². The zero-order valence-corrected chi connectivity index (χ0v) is 7.08. The SMILES string of the molecule is Brc1cc2cc-2c1Br. The van der Waals surface area contributed by atoms with Gasteiger partial charge >= 0.3 is 0 Å². The van der Waals surface area contributed by atoms with Crippen molar-refractivity contribution in [1.29, 1.82) is 0 Å². The van der Waals surface area contributed by atoms with Crippen LogP contribution in [0.1, 0.15) is 0 Å². The molecule has 0 amide bonds. The molecule has 2 heteroatoms. The van der Waals surface area contributed by atoms with E-state index >= 15 is 0 Å². The summed E-state index contributed by atoms with van der Waals surface area (Å²) in [6, 6.07) is 4.26. The Morgan fingerprint density at radius 2 is 1.88 bits per heavy atom. The summed E-state index contributed by atoms with van der Waals surface area (Å²) in [7, 11) is 0. The molecule has 0 unspecified atom stereocenters. The molecule has 0 saturated heterocycles. The van der Waals surface area contributed by atoms with Crippen molar-refractivity contribution in [2.45, 2.75) is 0 Å². The average Bonchev–Trinajstić information content (AvgIpc) is 2.39. The van der Waals surface area contributed by atoms with Crippen molar-refractivity contribution in [2.24, 2.45) is 0 Å². The first-order valence-electron chi connectivity index (χ1n) is 2.28. The first-order valence-corrected chi connectivity index (χ1v) is 3.87. The second kappa shape index (κ2) is 1.36. The number of benzene rings is 1. The van der Waals surface area contributed by atoms with Crippen LogP contribution in [0.4, 0.5) is 0 Å². The van der Waals surface area contributed by atoms with Crippen molar-refractivity contribution in [2.75, 3.05) is 0 Å². The highest BCUT2D eigenvalue weighted by Crippen LogP contribution is 2.46. The third-order valence-corrected chi connectivity index (χ3v) is 3.27. The van der Waals surface area contributed by atoms with Gasteiger partial charge in [0.25, 0.3) is 0 Å². The summed E-state index contributed by atoms with van der Waals surface area (Å²) in [6.45, 7) is 0. The lowest BCUT2D eigenvalue weighted by Gasteiger charge is -1.78. The summed E-state index contributed by atoms with van der Waals surface area (Å²) >= 11 is 6.81. The Hall–Kier alpha value is 0.180. The first kappa shape index (κ1) is 5.00. The Morgan fingerprint density at radius 1 is 1.12 bits per heavy atom. The van der Waals surface area contributed by atoms with E-state index in [1.54, 1.807) is 0 Å². The summed E-state index contributed by atoms with van der Waals surface area (Å²) in [6.07, 6.45) is 0. The number of hydrogen-bond acceptors (Lipinski definition) is 0. The van der Waals surface area contributed by atoms with Crippen LogP contribution in [0.3, 0.4) is 0 Å². The van der Waals surface area contributed by atoms with Crippen LogP contribution in [0.5, 0.6) is 0 Å². The van der Waals surface area contributed by atoms with E-state index in [2.05, 4.69) is 44.0 Å². The molecule has 0 bridgehead atoms. The quantitative estimate of drug-likeness (QED) is 0.656. The highest BCUT2D eigenvalue weighted by Gasteiger charge is 2.18. The highest BCUT2D eigenvalue weighted by molar-refractivity contribution is 9.13. The molecule has 0 atom stereocenters. The van der Waals surface area contributed by atoms with Crippen LogP contribution < -0.4 is 0 Å². The van der Waals surface area contributed by atoms with Gasteiger partial charge < -0.3 is 0 Å². The van der Waals surface area contributed by atoms with Gasteiger partial charge in [0.1, 0.15) is 0 Å². The average molecular weight is 234 g/mol. The van der Waals surface area contributed by atoms with E-state index in [0.717, 1.165) is 0 Å². The molecule has 40 valence electrons. The maximum atomic E-state index is 3.42. The molecule has 2 aliphatic carbocycles. The molecular formula is C6H2Br2. The Morgan fingerprint density at radius 3 is 2.12 bits per heavy atom. The smallest absolute Gasteiger partial charge is 0.0396 e. The van der Waals surface area contributed by atoms with Crippen molar-refractivity contribution in [1.82, 2.24) is 0 Å². The first-order chi connectivity index (χ1) is 3.79. The molecule has 0 spiro atoms. The Labute approximate surface area is 64.2 Å². The molecule has 2 aliphatic rings. The molecule has 0 aromatic rings. The van der Waals surface area contributed by atoms with Crippen LogP contribution in [0.2, 0.25) is 0 Å². The highest BCUT2D eigenvalue weighted by atomic mass is 79.9. The number of rotatable bonds is 0. The van der Waals surface area contributed by atoms with Gasteiger partial charge in [-0.05, 0) is 55.1 Å². The van der Waals surface area contributed by atoms with E-state index in [4.69, 9.17) is 0 Å². The van der Waals surface area contributed by atoms with Crippen LogP contribution in [-0.4, -0.2) is 0 Å². The monoisotopic (exact) mass is 232 g/mol. The van der Waals surface area contributed by atoms with Gasteiger partial charge in [0, 0.05) is 8.95 Å². The molecule has 0 aliphatic heterocycles. The minimum absolute atomic E-state index is 1.17. The van der Waals surface area contributed by atoms with Crippen LogP contribution >= 0.6 is 31.9 Å². The van der Waals surface area contributed by atoms with E-state index in [1.807, 2.05) is 0 Å². The summed E-state index contributed by atoms with van der Waals surface area (Å²) < 4.78 is 2.37. The zero-order chi connectivity index (χ0) is 5.72. The van der Waals surface area contributed by atoms with Crippen LogP contribution in [0.25, 0.3) is 11.1 Å². The maximum absolute atomic E-state index is 3.42. The fourth-order valence-electron chi connectivity index (χ4n) is 0.757. The summed E-state index contributed by atoms with van der Waals surface area (Å²) in [4.78, 5) is 0. The molecule has 0 radical (unpaired) electrons. The minimum Gasteiger partial charge on any atom is -0.0496 e. The molecule has 0 saturated carbocycles. The molecule has 0 aromatic carbocycles. The molecule has 0 nitrogen and oxygen atoms in total. The zero-order valence-electron chi connectivity index (χ0n) is 3.91. The summed E-state index contributed by atoms with van der Waals surface area (Å²) in [5.74, 6) is 0. The van der Waals surface area contributed by atoms with Gasteiger partial charge in [0.15, 0.2) is 0 Å². The second-order valence-corrected chi connectivity index (χ2v) is 3.47. The maximum Gasteiger partial charge on any atom is 0.0396 e. The van der Waals surface area contributed by atoms with Crippen molar-refractivity contribution >= 4 is 31.9 Å². The van der Waals surface area contributed by atoms with E-state index in [9.17, 15) is 0 Å². The molecule has 0 N–H and O–H groups in total. The predicted molar refractivity (Wildman–Crippen MR) is 40.8 cm³/mol. The summed E-state index contributed by atoms with van der Waals surface area (Å²) in [5, 5.41) is 0. The number of halogens is 2. The van der Waals surface area contributed by atoms with Crippen molar-refractivity contribution in [3.05, 3.63) is 21.1 Å². The molecule has 0 aromatic heterocycles. The normalized spacial score (nSPS) is 11.8. The molecular weight excluding hydrogens is 232 g/mol. The van der Waals surface area contributed by atoms with Crippen molar-refractivity contribution in [3.8, 4) is 11.1 Å². The standard InChI is InChI=1S/C6H2Br2/c7-5-2-3-1-4(3)6(5)8/h1-2H. The molecule has 0 fully saturated rings. The third kappa shape index (κ3) is 0.502. The van der Waals surface area contributed by atoms with E-state index in [0.29, 0.717) is 0 Å². The fourth-order valence-corrected chi connectivity index (χ4v) is 1.68. The van der Waals surface area contributed by atoms with Gasteiger partial charge in [-0.15, -0.1) is 0 Å². The minimum atomic E-state index is 1.17. The topological polar surface area (TPSA) is 0 Å². The fraction of sp³-hybridized carbons (Fsp3) is 0. The lowest BCUT2D eigenvalue weighted by atomic mass is 10.6. The van der Waals surface area contributed by atoms with Crippen LogP contribution in [0.15, 0.2) is 21.1 Å². The Balaban J connectivity index is 2.74. The van der Waals surface area contributed by atoms with Crippen LogP contribution in [0, 0.1) is 0 Å². The predicted octanol–water partition coefficient (Wildman–Crippen LogP) is 3.19. The molecule has 2 rings (SSSR count). The van der Waals surface area contributed by atoms with Crippen LogP contribution in [-0.2, 0) is 0 Å².